The van der Waals surface area contributed by atoms with Crippen LogP contribution in [0.4, 0.5) is 0 Å². The summed E-state index contributed by atoms with van der Waals surface area (Å²) in [7, 11) is 0. The fourth-order valence-corrected chi connectivity index (χ4v) is 2.52. The Labute approximate surface area is 100 Å². The van der Waals surface area contributed by atoms with E-state index >= 15 is 0 Å². The number of nitrogens with zero attached hydrogens (tertiary/aromatic N) is 2. The van der Waals surface area contributed by atoms with Gasteiger partial charge in [0.15, 0.2) is 7.06 Å². The van der Waals surface area contributed by atoms with E-state index in [1.807, 2.05) is 12.1 Å². The lowest BCUT2D eigenvalue weighted by Crippen LogP contribution is -2.23. The van der Waals surface area contributed by atoms with Gasteiger partial charge >= 0.3 is 5.69 Å². The number of rotatable bonds is 1. The summed E-state index contributed by atoms with van der Waals surface area (Å²) >= 11 is 0. The average molecular weight is 233 g/mol. The third kappa shape index (κ3) is 1.86. The maximum atomic E-state index is 12.2. The Morgan fingerprint density at radius 2 is 2.41 bits per heavy atom. The molecular weight excluding hydrogens is 216 g/mol. The van der Waals surface area contributed by atoms with Crippen LogP contribution >= 0.6 is 0 Å². The first-order valence-corrected chi connectivity index (χ1v) is 6.07. The SMILES string of the molecule is [2H]n1c(=O)n(C2CCCNCC2)c2cccnc21. The van der Waals surface area contributed by atoms with Gasteiger partial charge in [0.2, 0.25) is 0 Å². The van der Waals surface area contributed by atoms with Crippen molar-refractivity contribution in [3.63, 3.8) is 0 Å². The number of fused-ring (bicyclic) bond motifs is 1. The van der Waals surface area contributed by atoms with E-state index < -0.39 is 0 Å². The number of imidazole rings is 1. The third-order valence-corrected chi connectivity index (χ3v) is 3.34. The molecule has 0 aromatic carbocycles. The van der Waals surface area contributed by atoms with Crippen molar-refractivity contribution >= 4 is 11.2 Å². The molecule has 17 heavy (non-hydrogen) atoms. The molecule has 3 heterocycles. The zero-order valence-corrected chi connectivity index (χ0v) is 9.59. The zero-order chi connectivity index (χ0) is 12.5. The first-order chi connectivity index (χ1) is 8.79. The number of aromatic nitrogens is 3. The van der Waals surface area contributed by atoms with E-state index in [1.54, 1.807) is 10.8 Å². The lowest BCUT2D eigenvalue weighted by molar-refractivity contribution is 0.454. The quantitative estimate of drug-likeness (QED) is 0.773. The van der Waals surface area contributed by atoms with Crippen molar-refractivity contribution in [2.75, 3.05) is 13.1 Å². The standard InChI is InChI=1S/C12H16N4O/c17-12-15-11-10(4-2-7-14-11)16(12)9-3-1-6-13-8-5-9/h2,4,7,9,13H,1,3,5-6,8H2,(H,14,15,17)/i/hD. The summed E-state index contributed by atoms with van der Waals surface area (Å²) in [6.07, 6.45) is 4.57. The molecule has 1 aliphatic heterocycles. The Hall–Kier alpha value is -1.62. The van der Waals surface area contributed by atoms with E-state index in [2.05, 4.69) is 10.3 Å². The van der Waals surface area contributed by atoms with Crippen molar-refractivity contribution in [1.82, 2.24) is 19.8 Å². The van der Waals surface area contributed by atoms with Crippen LogP contribution in [0, 0.1) is 0 Å². The molecule has 1 fully saturated rings. The minimum atomic E-state index is -0.282. The van der Waals surface area contributed by atoms with Gasteiger partial charge in [0, 0.05) is 12.2 Å². The summed E-state index contributed by atoms with van der Waals surface area (Å²) in [5, 5.41) is 3.34. The molecule has 1 aliphatic rings. The lowest BCUT2D eigenvalue weighted by atomic mass is 10.1. The maximum absolute atomic E-state index is 12.2. The molecule has 0 saturated carbocycles. The van der Waals surface area contributed by atoms with E-state index in [0.29, 0.717) is 5.65 Å². The zero-order valence-electron chi connectivity index (χ0n) is 10.6. The predicted molar refractivity (Wildman–Crippen MR) is 66.1 cm³/mol. The molecule has 1 unspecified atom stereocenters. The summed E-state index contributed by atoms with van der Waals surface area (Å²) in [4.78, 5) is 17.2. The van der Waals surface area contributed by atoms with Crippen LogP contribution in [-0.2, 0) is 0 Å². The molecule has 0 bridgehead atoms. The molecule has 5 heteroatoms. The molecule has 2 aromatic heterocycles. The van der Waals surface area contributed by atoms with Crippen molar-refractivity contribution in [2.24, 2.45) is 0 Å². The van der Waals surface area contributed by atoms with Gasteiger partial charge in [0.25, 0.3) is 0 Å². The van der Waals surface area contributed by atoms with E-state index in [1.165, 1.54) is 0 Å². The number of nitrogens with one attached hydrogen (secondary N) is 2. The largest absolute Gasteiger partial charge is 0.327 e. The number of aromatic amines is 1. The van der Waals surface area contributed by atoms with Crippen LogP contribution < -0.4 is 11.0 Å². The van der Waals surface area contributed by atoms with Crippen molar-refractivity contribution < 1.29 is 1.41 Å². The second-order valence-electron chi connectivity index (χ2n) is 4.45. The van der Waals surface area contributed by atoms with Crippen molar-refractivity contribution in [1.29, 1.82) is 0 Å². The van der Waals surface area contributed by atoms with Gasteiger partial charge in [0.05, 0.1) is 5.52 Å². The van der Waals surface area contributed by atoms with Gasteiger partial charge < -0.3 is 5.32 Å². The Morgan fingerprint density at radius 1 is 1.47 bits per heavy atom. The van der Waals surface area contributed by atoms with Gasteiger partial charge in [0.1, 0.15) is 0 Å². The number of hydrogen-bond donors (Lipinski definition) is 2. The summed E-state index contributed by atoms with van der Waals surface area (Å²) in [5.41, 5.74) is 0.930. The number of pyridine rings is 1. The second kappa shape index (κ2) is 4.33. The smallest absolute Gasteiger partial charge is 0.317 e. The molecule has 0 radical (unpaired) electrons. The van der Waals surface area contributed by atoms with Crippen molar-refractivity contribution in [3.8, 4) is 0 Å². The molecule has 3 rings (SSSR count). The van der Waals surface area contributed by atoms with Crippen molar-refractivity contribution in [3.05, 3.63) is 28.8 Å². The van der Waals surface area contributed by atoms with Gasteiger partial charge in [-0.05, 0) is 44.5 Å². The third-order valence-electron chi connectivity index (χ3n) is 3.34. The summed E-state index contributed by atoms with van der Waals surface area (Å²) in [5.74, 6) is 0. The van der Waals surface area contributed by atoms with Gasteiger partial charge in [-0.25, -0.2) is 9.78 Å². The Kier molecular flexibility index (Phi) is 2.40. The molecule has 2 N–H and O–H groups in total. The fourth-order valence-electron chi connectivity index (χ4n) is 2.52. The summed E-state index contributed by atoms with van der Waals surface area (Å²) in [6.45, 7) is 1.92. The van der Waals surface area contributed by atoms with Gasteiger partial charge in [-0.15, -0.1) is 0 Å². The van der Waals surface area contributed by atoms with Crippen LogP contribution in [0.25, 0.3) is 11.2 Å². The normalized spacial score (nSPS) is 22.4. The molecule has 1 atom stereocenters. The highest BCUT2D eigenvalue weighted by Gasteiger charge is 2.18. The van der Waals surface area contributed by atoms with Crippen LogP contribution in [0.1, 0.15) is 25.3 Å². The first kappa shape index (κ1) is 9.41. The molecule has 1 saturated heterocycles. The lowest BCUT2D eigenvalue weighted by Gasteiger charge is -2.15. The van der Waals surface area contributed by atoms with Crippen LogP contribution in [0.2, 0.25) is 1.41 Å². The summed E-state index contributed by atoms with van der Waals surface area (Å²) in [6, 6.07) is 3.85. The minimum Gasteiger partial charge on any atom is -0.317 e. The molecule has 90 valence electrons. The summed E-state index contributed by atoms with van der Waals surface area (Å²) < 4.78 is 9.53. The van der Waals surface area contributed by atoms with E-state index in [-0.39, 0.29) is 11.7 Å². The molecule has 0 spiro atoms. The topological polar surface area (TPSA) is 62.7 Å². The maximum Gasteiger partial charge on any atom is 0.327 e. The number of hydrogen-bond acceptors (Lipinski definition) is 3. The predicted octanol–water partition coefficient (Wildman–Crippen LogP) is 1.04. The minimum absolute atomic E-state index is 0.172. The Bertz CT molecular complexity index is 610. The molecular formula is C12H16N4O. The van der Waals surface area contributed by atoms with E-state index in [0.717, 1.165) is 42.8 Å². The highest BCUT2D eigenvalue weighted by molar-refractivity contribution is 5.70. The van der Waals surface area contributed by atoms with Gasteiger partial charge in [-0.1, -0.05) is 0 Å². The monoisotopic (exact) mass is 233 g/mol. The fraction of sp³-hybridized carbons (Fsp3) is 0.500. The highest BCUT2D eigenvalue weighted by atomic mass is 16.1. The van der Waals surface area contributed by atoms with Gasteiger partial charge in [-0.2, -0.15) is 0 Å². The Balaban J connectivity index is 2.15. The highest BCUT2D eigenvalue weighted by Crippen LogP contribution is 2.21. The molecule has 5 nitrogen and oxygen atoms in total. The Morgan fingerprint density at radius 3 is 3.35 bits per heavy atom. The van der Waals surface area contributed by atoms with Crippen LogP contribution in [0.3, 0.4) is 0 Å². The molecule has 2 aromatic rings. The van der Waals surface area contributed by atoms with Crippen LogP contribution in [0.15, 0.2) is 23.1 Å². The number of H-pyrrole nitrogens is 1. The van der Waals surface area contributed by atoms with E-state index in [9.17, 15) is 4.79 Å². The van der Waals surface area contributed by atoms with Gasteiger partial charge in [-0.3, -0.25) is 9.54 Å². The molecule has 0 aliphatic carbocycles. The van der Waals surface area contributed by atoms with Crippen molar-refractivity contribution in [2.45, 2.75) is 25.3 Å². The van der Waals surface area contributed by atoms with Crippen LogP contribution in [-0.4, -0.2) is 27.6 Å². The molecule has 0 amide bonds. The second-order valence-corrected chi connectivity index (χ2v) is 4.45. The van der Waals surface area contributed by atoms with Crippen LogP contribution in [0.5, 0.6) is 0 Å². The average Bonchev–Trinajstić information content (AvgIpc) is 2.61. The first-order valence-electron chi connectivity index (χ1n) is 6.51. The van der Waals surface area contributed by atoms with E-state index in [4.69, 9.17) is 1.41 Å².